The van der Waals surface area contributed by atoms with Crippen LogP contribution in [0.25, 0.3) is 0 Å². The average molecular weight is 314 g/mol. The van der Waals surface area contributed by atoms with Gasteiger partial charge >= 0.3 is 0 Å². The highest BCUT2D eigenvalue weighted by Crippen LogP contribution is 2.27. The summed E-state index contributed by atoms with van der Waals surface area (Å²) in [6.45, 7) is -0.0509. The number of hydrogen-bond acceptors (Lipinski definition) is 3. The van der Waals surface area contributed by atoms with Gasteiger partial charge in [-0.2, -0.15) is 0 Å². The Kier molecular flexibility index (Phi) is 5.01. The van der Waals surface area contributed by atoms with Crippen LogP contribution in [0.3, 0.4) is 0 Å². The van der Waals surface area contributed by atoms with E-state index in [1.807, 2.05) is 0 Å². The van der Waals surface area contributed by atoms with E-state index in [-0.39, 0.29) is 29.0 Å². The number of carbonyl (C=O) groups excluding carboxylic acids is 1. The van der Waals surface area contributed by atoms with E-state index in [4.69, 9.17) is 22.5 Å². The van der Waals surface area contributed by atoms with Gasteiger partial charge in [-0.1, -0.05) is 35.7 Å². The zero-order valence-corrected chi connectivity index (χ0v) is 12.2. The zero-order valence-electron chi connectivity index (χ0n) is 11.4. The van der Waals surface area contributed by atoms with Gasteiger partial charge in [-0.25, -0.2) is 4.39 Å². The van der Waals surface area contributed by atoms with Gasteiger partial charge in [0.2, 0.25) is 0 Å². The molecule has 21 heavy (non-hydrogen) atoms. The molecule has 1 aliphatic carbocycles. The molecule has 0 aromatic heterocycles. The smallest absolute Gasteiger partial charge is 0.259 e. The fourth-order valence-corrected chi connectivity index (χ4v) is 2.88. The Morgan fingerprint density at radius 2 is 2.14 bits per heavy atom. The number of benzene rings is 1. The van der Waals surface area contributed by atoms with Crippen molar-refractivity contribution in [2.45, 2.75) is 31.7 Å². The number of carbonyl (C=O) groups is 1. The molecule has 1 aliphatic rings. The number of hydrogen-bond donors (Lipinski definition) is 2. The zero-order chi connectivity index (χ0) is 15.4. The summed E-state index contributed by atoms with van der Waals surface area (Å²) in [6.07, 6.45) is 3.62. The van der Waals surface area contributed by atoms with E-state index in [2.05, 4.69) is 5.16 Å². The van der Waals surface area contributed by atoms with Crippen molar-refractivity contribution >= 4 is 23.3 Å². The summed E-state index contributed by atoms with van der Waals surface area (Å²) >= 11 is 5.95. The predicted molar refractivity (Wildman–Crippen MR) is 78.1 cm³/mol. The molecule has 7 heteroatoms. The van der Waals surface area contributed by atoms with Crippen molar-refractivity contribution in [1.82, 2.24) is 4.90 Å². The number of halogens is 2. The number of amides is 1. The molecule has 0 radical (unpaired) electrons. The van der Waals surface area contributed by atoms with Crippen molar-refractivity contribution < 1.29 is 14.4 Å². The van der Waals surface area contributed by atoms with E-state index >= 15 is 0 Å². The maximum atomic E-state index is 13.9. The minimum absolute atomic E-state index is 0.0477. The third kappa shape index (κ3) is 3.44. The maximum absolute atomic E-state index is 13.9. The van der Waals surface area contributed by atoms with E-state index in [1.54, 1.807) is 0 Å². The third-order valence-corrected chi connectivity index (χ3v) is 3.98. The first-order chi connectivity index (χ1) is 10.0. The molecule has 114 valence electrons. The van der Waals surface area contributed by atoms with Crippen LogP contribution in [-0.2, 0) is 0 Å². The first-order valence-corrected chi connectivity index (χ1v) is 7.13. The van der Waals surface area contributed by atoms with Gasteiger partial charge in [0, 0.05) is 6.04 Å². The van der Waals surface area contributed by atoms with E-state index in [9.17, 15) is 9.18 Å². The van der Waals surface area contributed by atoms with Crippen molar-refractivity contribution in [2.75, 3.05) is 6.54 Å². The second-order valence-electron chi connectivity index (χ2n) is 5.06. The normalized spacial score (nSPS) is 16.2. The standard InChI is InChI=1S/C14H17ClFN3O2/c15-10-6-3-7-11(16)13(10)14(20)19(8-12(17)18-21)9-4-1-2-5-9/h3,6-7,9,21H,1-2,4-5,8H2,(H2,17,18). The van der Waals surface area contributed by atoms with E-state index in [0.717, 1.165) is 25.7 Å². The van der Waals surface area contributed by atoms with E-state index in [0.29, 0.717) is 0 Å². The third-order valence-electron chi connectivity index (χ3n) is 3.66. The second kappa shape index (κ2) is 6.76. The Hall–Kier alpha value is -1.82. The Labute approximate surface area is 127 Å². The van der Waals surface area contributed by atoms with Gasteiger partial charge in [-0.3, -0.25) is 4.79 Å². The molecule has 0 unspecified atom stereocenters. The van der Waals surface area contributed by atoms with Crippen LogP contribution in [0.15, 0.2) is 23.4 Å². The molecule has 0 saturated heterocycles. The lowest BCUT2D eigenvalue weighted by molar-refractivity contribution is 0.0708. The average Bonchev–Trinajstić information content (AvgIpc) is 2.97. The van der Waals surface area contributed by atoms with Crippen LogP contribution in [0.4, 0.5) is 4.39 Å². The molecule has 1 aromatic rings. The molecular formula is C14H17ClFN3O2. The van der Waals surface area contributed by atoms with Crippen LogP contribution < -0.4 is 5.73 Å². The quantitative estimate of drug-likeness (QED) is 0.388. The summed E-state index contributed by atoms with van der Waals surface area (Å²) in [5.41, 5.74) is 5.34. The molecule has 0 aliphatic heterocycles. The van der Waals surface area contributed by atoms with E-state index in [1.165, 1.54) is 23.1 Å². The van der Waals surface area contributed by atoms with Gasteiger partial charge in [0.05, 0.1) is 17.1 Å². The van der Waals surface area contributed by atoms with Crippen LogP contribution in [0.1, 0.15) is 36.0 Å². The number of nitrogens with two attached hydrogens (primary N) is 1. The van der Waals surface area contributed by atoms with Gasteiger partial charge in [-0.15, -0.1) is 0 Å². The monoisotopic (exact) mass is 313 g/mol. The van der Waals surface area contributed by atoms with E-state index < -0.39 is 11.7 Å². The van der Waals surface area contributed by atoms with Crippen LogP contribution in [0.5, 0.6) is 0 Å². The summed E-state index contributed by atoms with van der Waals surface area (Å²) < 4.78 is 13.9. The van der Waals surface area contributed by atoms with Crippen LogP contribution in [0, 0.1) is 5.82 Å². The highest BCUT2D eigenvalue weighted by Gasteiger charge is 2.30. The van der Waals surface area contributed by atoms with Gasteiger partial charge in [-0.05, 0) is 25.0 Å². The molecule has 5 nitrogen and oxygen atoms in total. The van der Waals surface area contributed by atoms with Crippen LogP contribution in [0.2, 0.25) is 5.02 Å². The topological polar surface area (TPSA) is 78.9 Å². The van der Waals surface area contributed by atoms with Gasteiger partial charge < -0.3 is 15.8 Å². The lowest BCUT2D eigenvalue weighted by Gasteiger charge is -2.29. The highest BCUT2D eigenvalue weighted by molar-refractivity contribution is 6.33. The molecular weight excluding hydrogens is 297 g/mol. The first-order valence-electron chi connectivity index (χ1n) is 6.76. The Morgan fingerprint density at radius 3 is 2.71 bits per heavy atom. The molecule has 1 fully saturated rings. The summed E-state index contributed by atoms with van der Waals surface area (Å²) in [5.74, 6) is -1.30. The fourth-order valence-electron chi connectivity index (χ4n) is 2.63. The Morgan fingerprint density at radius 1 is 1.48 bits per heavy atom. The van der Waals surface area contributed by atoms with Crippen molar-refractivity contribution in [1.29, 1.82) is 0 Å². The molecule has 1 aromatic carbocycles. The van der Waals surface area contributed by atoms with Gasteiger partial charge in [0.25, 0.3) is 5.91 Å². The number of oxime groups is 1. The molecule has 3 N–H and O–H groups in total. The number of amidine groups is 1. The SMILES string of the molecule is NC(CN(C(=O)c1c(F)cccc1Cl)C1CCCC1)=NO. The molecule has 1 amide bonds. The molecule has 1 saturated carbocycles. The minimum atomic E-state index is -0.671. The highest BCUT2D eigenvalue weighted by atomic mass is 35.5. The molecule has 0 atom stereocenters. The molecule has 0 bridgehead atoms. The predicted octanol–water partition coefficient (Wildman–Crippen LogP) is 2.61. The molecule has 0 spiro atoms. The summed E-state index contributed by atoms with van der Waals surface area (Å²) in [7, 11) is 0. The number of rotatable bonds is 4. The summed E-state index contributed by atoms with van der Waals surface area (Å²) in [5, 5.41) is 11.7. The molecule has 0 heterocycles. The fraction of sp³-hybridized carbons (Fsp3) is 0.429. The van der Waals surface area contributed by atoms with Gasteiger partial charge in [0.1, 0.15) is 5.82 Å². The number of nitrogens with zero attached hydrogens (tertiary/aromatic N) is 2. The summed E-state index contributed by atoms with van der Waals surface area (Å²) in [4.78, 5) is 14.1. The lowest BCUT2D eigenvalue weighted by Crippen LogP contribution is -2.44. The Balaban J connectivity index is 2.33. The molecule has 2 rings (SSSR count). The van der Waals surface area contributed by atoms with Crippen molar-refractivity contribution in [2.24, 2.45) is 10.9 Å². The maximum Gasteiger partial charge on any atom is 0.259 e. The largest absolute Gasteiger partial charge is 0.409 e. The second-order valence-corrected chi connectivity index (χ2v) is 5.47. The van der Waals surface area contributed by atoms with Crippen LogP contribution >= 0.6 is 11.6 Å². The van der Waals surface area contributed by atoms with Crippen LogP contribution in [-0.4, -0.2) is 34.4 Å². The first kappa shape index (κ1) is 15.6. The summed E-state index contributed by atoms with van der Waals surface area (Å²) in [6, 6.07) is 4.05. The van der Waals surface area contributed by atoms with Gasteiger partial charge in [0.15, 0.2) is 5.84 Å². The van der Waals surface area contributed by atoms with Crippen molar-refractivity contribution in [3.8, 4) is 0 Å². The van der Waals surface area contributed by atoms with Crippen molar-refractivity contribution in [3.63, 3.8) is 0 Å². The minimum Gasteiger partial charge on any atom is -0.409 e. The Bertz CT molecular complexity index is 539. The van der Waals surface area contributed by atoms with Crippen molar-refractivity contribution in [3.05, 3.63) is 34.6 Å². The lowest BCUT2D eigenvalue weighted by atomic mass is 10.1.